The van der Waals surface area contributed by atoms with Gasteiger partial charge in [0.1, 0.15) is 0 Å². The summed E-state index contributed by atoms with van der Waals surface area (Å²) in [5, 5.41) is 5.70. The van der Waals surface area contributed by atoms with Crippen molar-refractivity contribution in [3.8, 4) is 0 Å². The van der Waals surface area contributed by atoms with Gasteiger partial charge in [-0.25, -0.2) is 0 Å². The molecule has 0 saturated carbocycles. The first-order valence-corrected chi connectivity index (χ1v) is 7.54. The van der Waals surface area contributed by atoms with E-state index in [1.54, 1.807) is 7.11 Å². The van der Waals surface area contributed by atoms with Crippen molar-refractivity contribution in [3.63, 3.8) is 0 Å². The molecule has 1 saturated heterocycles. The number of piperazine rings is 1. The van der Waals surface area contributed by atoms with Gasteiger partial charge in [-0.3, -0.25) is 19.4 Å². The number of nitrogens with one attached hydrogen (secondary N) is 2. The molecule has 1 atom stereocenters. The lowest BCUT2D eigenvalue weighted by Crippen LogP contribution is -2.52. The molecular formula is C14H28N4O3. The number of nitrogens with zero attached hydrogens (tertiary/aromatic N) is 2. The Labute approximate surface area is 127 Å². The van der Waals surface area contributed by atoms with Crippen LogP contribution in [0.5, 0.6) is 0 Å². The lowest BCUT2D eigenvalue weighted by Gasteiger charge is -2.34. The summed E-state index contributed by atoms with van der Waals surface area (Å²) >= 11 is 0. The highest BCUT2D eigenvalue weighted by molar-refractivity contribution is 5.78. The molecular weight excluding hydrogens is 272 g/mol. The fourth-order valence-corrected chi connectivity index (χ4v) is 2.38. The van der Waals surface area contributed by atoms with Crippen LogP contribution >= 0.6 is 0 Å². The number of amides is 2. The molecule has 0 spiro atoms. The lowest BCUT2D eigenvalue weighted by molar-refractivity contribution is -0.125. The van der Waals surface area contributed by atoms with Crippen LogP contribution in [0.1, 0.15) is 13.8 Å². The second-order valence-electron chi connectivity index (χ2n) is 5.43. The zero-order valence-corrected chi connectivity index (χ0v) is 13.4. The highest BCUT2D eigenvalue weighted by Gasteiger charge is 2.20. The average Bonchev–Trinajstić information content (AvgIpc) is 2.41. The van der Waals surface area contributed by atoms with Gasteiger partial charge < -0.3 is 15.4 Å². The minimum absolute atomic E-state index is 0.0247. The van der Waals surface area contributed by atoms with Crippen molar-refractivity contribution in [3.05, 3.63) is 0 Å². The second-order valence-corrected chi connectivity index (χ2v) is 5.43. The monoisotopic (exact) mass is 300 g/mol. The Balaban J connectivity index is 2.20. The number of carbonyl (C=O) groups is 2. The maximum absolute atomic E-state index is 11.9. The molecule has 7 nitrogen and oxygen atoms in total. The molecule has 2 amide bonds. The number of hydrogen-bond acceptors (Lipinski definition) is 5. The van der Waals surface area contributed by atoms with Gasteiger partial charge in [-0.1, -0.05) is 0 Å². The van der Waals surface area contributed by atoms with Crippen LogP contribution in [0.25, 0.3) is 0 Å². The lowest BCUT2D eigenvalue weighted by atomic mass is 10.3. The van der Waals surface area contributed by atoms with E-state index in [1.165, 1.54) is 0 Å². The zero-order chi connectivity index (χ0) is 15.7. The summed E-state index contributed by atoms with van der Waals surface area (Å²) in [5.41, 5.74) is 0. The van der Waals surface area contributed by atoms with Crippen LogP contribution in [0.4, 0.5) is 0 Å². The van der Waals surface area contributed by atoms with E-state index in [9.17, 15) is 9.59 Å². The molecule has 7 heteroatoms. The maximum Gasteiger partial charge on any atom is 0.234 e. The molecule has 0 aromatic rings. The Morgan fingerprint density at radius 1 is 1.10 bits per heavy atom. The average molecular weight is 300 g/mol. The Morgan fingerprint density at radius 2 is 1.62 bits per heavy atom. The van der Waals surface area contributed by atoms with Crippen molar-refractivity contribution in [2.45, 2.75) is 19.9 Å². The predicted octanol–water partition coefficient (Wildman–Crippen LogP) is -1.11. The van der Waals surface area contributed by atoms with Gasteiger partial charge in [-0.2, -0.15) is 0 Å². The number of hydrogen-bond donors (Lipinski definition) is 2. The molecule has 2 N–H and O–H groups in total. The molecule has 0 aromatic heterocycles. The first-order valence-electron chi connectivity index (χ1n) is 7.54. The highest BCUT2D eigenvalue weighted by Crippen LogP contribution is 2.01. The molecule has 122 valence electrons. The third-order valence-corrected chi connectivity index (χ3v) is 3.40. The summed E-state index contributed by atoms with van der Waals surface area (Å²) in [6, 6.07) is 0.0292. The topological polar surface area (TPSA) is 73.9 Å². The summed E-state index contributed by atoms with van der Waals surface area (Å²) < 4.78 is 4.99. The molecule has 1 fully saturated rings. The van der Waals surface area contributed by atoms with E-state index in [-0.39, 0.29) is 17.9 Å². The van der Waals surface area contributed by atoms with Crippen molar-refractivity contribution in [2.24, 2.45) is 0 Å². The molecule has 1 rings (SSSR count). The summed E-state index contributed by atoms with van der Waals surface area (Å²) in [7, 11) is 1.62. The number of likely N-dealkylation sites (N-methyl/N-ethyl adjacent to an activating group) is 1. The standard InChI is InChI=1S/C14H28N4O3/c1-4-15-13(19)9-17-5-7-18(8-6-17)10-14(20)16-12(2)11-21-3/h12H,4-11H2,1-3H3,(H,15,19)(H,16,20). The van der Waals surface area contributed by atoms with Crippen molar-refractivity contribution < 1.29 is 14.3 Å². The van der Waals surface area contributed by atoms with E-state index < -0.39 is 0 Å². The van der Waals surface area contributed by atoms with E-state index in [1.807, 2.05) is 13.8 Å². The minimum Gasteiger partial charge on any atom is -0.383 e. The van der Waals surface area contributed by atoms with Gasteiger partial charge >= 0.3 is 0 Å². The van der Waals surface area contributed by atoms with Gasteiger partial charge in [0.25, 0.3) is 0 Å². The minimum atomic E-state index is 0.0247. The van der Waals surface area contributed by atoms with E-state index in [2.05, 4.69) is 20.4 Å². The molecule has 1 aliphatic heterocycles. The van der Waals surface area contributed by atoms with Crippen molar-refractivity contribution >= 4 is 11.8 Å². The summed E-state index contributed by atoms with van der Waals surface area (Å²) in [6.45, 7) is 9.13. The summed E-state index contributed by atoms with van der Waals surface area (Å²) in [6.07, 6.45) is 0. The quantitative estimate of drug-likeness (QED) is 0.595. The predicted molar refractivity (Wildman–Crippen MR) is 81.0 cm³/mol. The van der Waals surface area contributed by atoms with Crippen LogP contribution in [0.2, 0.25) is 0 Å². The van der Waals surface area contributed by atoms with Gasteiger partial charge in [0.05, 0.1) is 19.7 Å². The number of methoxy groups -OCH3 is 1. The number of rotatable bonds is 8. The Morgan fingerprint density at radius 3 is 2.10 bits per heavy atom. The van der Waals surface area contributed by atoms with E-state index >= 15 is 0 Å². The number of ether oxygens (including phenoxy) is 1. The largest absolute Gasteiger partial charge is 0.383 e. The fourth-order valence-electron chi connectivity index (χ4n) is 2.38. The molecule has 0 aromatic carbocycles. The molecule has 1 heterocycles. The van der Waals surface area contributed by atoms with Gasteiger partial charge in [0, 0.05) is 45.9 Å². The maximum atomic E-state index is 11.9. The van der Waals surface area contributed by atoms with Crippen LogP contribution in [0.3, 0.4) is 0 Å². The fraction of sp³-hybridized carbons (Fsp3) is 0.857. The van der Waals surface area contributed by atoms with Crippen LogP contribution in [0, 0.1) is 0 Å². The molecule has 0 aliphatic carbocycles. The van der Waals surface area contributed by atoms with Gasteiger partial charge in [0.15, 0.2) is 0 Å². The Bertz CT molecular complexity index is 330. The molecule has 0 bridgehead atoms. The van der Waals surface area contributed by atoms with Gasteiger partial charge in [0.2, 0.25) is 11.8 Å². The second kappa shape index (κ2) is 9.70. The summed E-state index contributed by atoms with van der Waals surface area (Å²) in [5.74, 6) is 0.0915. The van der Waals surface area contributed by atoms with E-state index in [0.717, 1.165) is 26.2 Å². The van der Waals surface area contributed by atoms with Crippen LogP contribution in [0.15, 0.2) is 0 Å². The first-order chi connectivity index (χ1) is 10.0. The first kappa shape index (κ1) is 17.9. The highest BCUT2D eigenvalue weighted by atomic mass is 16.5. The van der Waals surface area contributed by atoms with Crippen molar-refractivity contribution in [1.29, 1.82) is 0 Å². The Hall–Kier alpha value is -1.18. The van der Waals surface area contributed by atoms with Crippen LogP contribution < -0.4 is 10.6 Å². The van der Waals surface area contributed by atoms with E-state index in [4.69, 9.17) is 4.74 Å². The normalized spacial score (nSPS) is 18.2. The van der Waals surface area contributed by atoms with Gasteiger partial charge in [-0.05, 0) is 13.8 Å². The third-order valence-electron chi connectivity index (χ3n) is 3.40. The van der Waals surface area contributed by atoms with E-state index in [0.29, 0.717) is 26.2 Å². The van der Waals surface area contributed by atoms with Crippen LogP contribution in [-0.4, -0.2) is 87.2 Å². The molecule has 1 unspecified atom stereocenters. The smallest absolute Gasteiger partial charge is 0.234 e. The zero-order valence-electron chi connectivity index (χ0n) is 13.4. The number of carbonyl (C=O) groups excluding carboxylic acids is 2. The third kappa shape index (κ3) is 7.40. The molecule has 1 aliphatic rings. The van der Waals surface area contributed by atoms with Crippen molar-refractivity contribution in [1.82, 2.24) is 20.4 Å². The molecule has 0 radical (unpaired) electrons. The Kier molecular flexibility index (Phi) is 8.26. The molecule has 21 heavy (non-hydrogen) atoms. The van der Waals surface area contributed by atoms with Crippen molar-refractivity contribution in [2.75, 3.05) is 59.5 Å². The summed E-state index contributed by atoms with van der Waals surface area (Å²) in [4.78, 5) is 27.6. The van der Waals surface area contributed by atoms with Gasteiger partial charge in [-0.15, -0.1) is 0 Å². The van der Waals surface area contributed by atoms with Crippen LogP contribution in [-0.2, 0) is 14.3 Å². The SMILES string of the molecule is CCNC(=O)CN1CCN(CC(=O)NC(C)COC)CC1.